The van der Waals surface area contributed by atoms with Crippen LogP contribution < -0.4 is 21.7 Å². The molecule has 0 atom stereocenters. The van der Waals surface area contributed by atoms with E-state index in [1.165, 1.54) is 5.56 Å². The molecule has 1 aliphatic rings. The molecule has 1 aliphatic heterocycles. The first-order valence-electron chi connectivity index (χ1n) is 11.3. The Kier molecular flexibility index (Phi) is 5.67. The first-order valence-corrected chi connectivity index (χ1v) is 11.3. The Bertz CT molecular complexity index is 1340. The molecule has 0 unspecified atom stereocenters. The van der Waals surface area contributed by atoms with Gasteiger partial charge in [-0.15, -0.1) is 0 Å². The summed E-state index contributed by atoms with van der Waals surface area (Å²) in [6.07, 6.45) is 1.93. The summed E-state index contributed by atoms with van der Waals surface area (Å²) in [5.41, 5.74) is 14.8. The van der Waals surface area contributed by atoms with E-state index in [1.54, 1.807) is 0 Å². The first-order chi connectivity index (χ1) is 16.5. The lowest BCUT2D eigenvalue weighted by Gasteiger charge is -2.12. The molecule has 5 N–H and O–H groups in total. The Morgan fingerprint density at radius 2 is 1.91 bits per heavy atom. The molecule has 0 saturated carbocycles. The van der Waals surface area contributed by atoms with Crippen LogP contribution in [0.4, 0.5) is 22.9 Å². The molecule has 5 rings (SSSR count). The molecule has 3 heterocycles. The van der Waals surface area contributed by atoms with Gasteiger partial charge < -0.3 is 26.3 Å². The fraction of sp³-hybridized carbons (Fsp3) is 0.185. The molecule has 1 amide bonds. The topological polar surface area (TPSA) is 97.0 Å². The van der Waals surface area contributed by atoms with Gasteiger partial charge >= 0.3 is 0 Å². The highest BCUT2D eigenvalue weighted by molar-refractivity contribution is 5.94. The van der Waals surface area contributed by atoms with Crippen molar-refractivity contribution in [2.45, 2.75) is 33.5 Å². The van der Waals surface area contributed by atoms with Crippen molar-refractivity contribution in [2.75, 3.05) is 16.4 Å². The summed E-state index contributed by atoms with van der Waals surface area (Å²) in [5.74, 6) is 0.399. The fourth-order valence-corrected chi connectivity index (χ4v) is 4.41. The number of aromatic nitrogens is 2. The van der Waals surface area contributed by atoms with Crippen molar-refractivity contribution in [3.63, 3.8) is 0 Å². The minimum Gasteiger partial charge on any atom is -0.384 e. The van der Waals surface area contributed by atoms with Gasteiger partial charge in [0.2, 0.25) is 0 Å². The minimum absolute atomic E-state index is 0.0983. The number of nitrogens with zero attached hydrogens (tertiary/aromatic N) is 2. The molecule has 0 fully saturated rings. The van der Waals surface area contributed by atoms with Crippen molar-refractivity contribution >= 4 is 28.8 Å². The Hall–Kier alpha value is -4.26. The number of carbonyl (C=O) groups excluding carboxylic acids is 1. The lowest BCUT2D eigenvalue weighted by Crippen LogP contribution is -2.23. The molecule has 2 aromatic heterocycles. The zero-order valence-electron chi connectivity index (χ0n) is 19.4. The van der Waals surface area contributed by atoms with Gasteiger partial charge in [0.1, 0.15) is 5.82 Å². The third kappa shape index (κ3) is 4.45. The Morgan fingerprint density at radius 3 is 2.71 bits per heavy atom. The van der Waals surface area contributed by atoms with E-state index in [0.717, 1.165) is 39.6 Å². The van der Waals surface area contributed by atoms with Crippen LogP contribution in [0, 0.1) is 13.8 Å². The smallest absolute Gasteiger partial charge is 0.253 e. The number of carbonyl (C=O) groups is 1. The van der Waals surface area contributed by atoms with Gasteiger partial charge in [0.05, 0.1) is 12.1 Å². The van der Waals surface area contributed by atoms with Crippen LogP contribution in [0.15, 0.2) is 66.9 Å². The van der Waals surface area contributed by atoms with Crippen LogP contribution in [-0.2, 0) is 19.6 Å². The summed E-state index contributed by atoms with van der Waals surface area (Å²) in [4.78, 5) is 17.2. The number of amides is 1. The summed E-state index contributed by atoms with van der Waals surface area (Å²) >= 11 is 0. The quantitative estimate of drug-likeness (QED) is 0.351. The van der Waals surface area contributed by atoms with Crippen molar-refractivity contribution in [3.8, 4) is 0 Å². The fourth-order valence-electron chi connectivity index (χ4n) is 4.41. The summed E-state index contributed by atoms with van der Waals surface area (Å²) in [6, 6.07) is 20.3. The molecule has 0 aliphatic carbocycles. The Balaban J connectivity index is 1.29. The molecule has 172 valence electrons. The zero-order chi connectivity index (χ0) is 23.7. The van der Waals surface area contributed by atoms with E-state index >= 15 is 0 Å². The van der Waals surface area contributed by atoms with E-state index in [9.17, 15) is 4.79 Å². The second-order valence-corrected chi connectivity index (χ2v) is 8.68. The molecule has 0 bridgehead atoms. The van der Waals surface area contributed by atoms with Crippen LogP contribution in [0.25, 0.3) is 0 Å². The van der Waals surface area contributed by atoms with Gasteiger partial charge in [0.25, 0.3) is 5.91 Å². The lowest BCUT2D eigenvalue weighted by atomic mass is 10.1. The van der Waals surface area contributed by atoms with Gasteiger partial charge in [-0.1, -0.05) is 24.3 Å². The largest absolute Gasteiger partial charge is 0.384 e. The summed E-state index contributed by atoms with van der Waals surface area (Å²) in [6.45, 7) is 5.67. The van der Waals surface area contributed by atoms with Crippen LogP contribution >= 0.6 is 0 Å². The normalized spacial score (nSPS) is 12.2. The van der Waals surface area contributed by atoms with Gasteiger partial charge in [0.15, 0.2) is 0 Å². The highest BCUT2D eigenvalue weighted by Gasteiger charge is 2.17. The van der Waals surface area contributed by atoms with Crippen LogP contribution in [0.1, 0.15) is 38.4 Å². The third-order valence-corrected chi connectivity index (χ3v) is 6.22. The lowest BCUT2D eigenvalue weighted by molar-refractivity contribution is 0.0950. The molecule has 0 radical (unpaired) electrons. The van der Waals surface area contributed by atoms with Crippen molar-refractivity contribution in [1.29, 1.82) is 0 Å². The minimum atomic E-state index is -0.0983. The summed E-state index contributed by atoms with van der Waals surface area (Å²) in [7, 11) is 0. The maximum atomic E-state index is 12.9. The van der Waals surface area contributed by atoms with Gasteiger partial charge in [0, 0.05) is 47.7 Å². The molecule has 7 nitrogen and oxygen atoms in total. The number of pyridine rings is 1. The van der Waals surface area contributed by atoms with E-state index in [2.05, 4.69) is 43.7 Å². The average molecular weight is 453 g/mol. The predicted molar refractivity (Wildman–Crippen MR) is 136 cm³/mol. The summed E-state index contributed by atoms with van der Waals surface area (Å²) < 4.78 is 2.14. The van der Waals surface area contributed by atoms with Crippen LogP contribution in [-0.4, -0.2) is 15.5 Å². The number of aryl methyl sites for hydroxylation is 2. The number of para-hydroxylation sites is 1. The van der Waals surface area contributed by atoms with Crippen LogP contribution in [0.3, 0.4) is 0 Å². The maximum absolute atomic E-state index is 12.9. The molecule has 2 aromatic carbocycles. The number of rotatable bonds is 5. The van der Waals surface area contributed by atoms with Gasteiger partial charge in [-0.3, -0.25) is 4.79 Å². The molecule has 0 spiro atoms. The van der Waals surface area contributed by atoms with E-state index in [1.807, 2.05) is 62.5 Å². The summed E-state index contributed by atoms with van der Waals surface area (Å²) in [5, 5.41) is 10.00. The second kappa shape index (κ2) is 8.94. The van der Waals surface area contributed by atoms with E-state index in [4.69, 9.17) is 5.73 Å². The van der Waals surface area contributed by atoms with Crippen molar-refractivity contribution < 1.29 is 4.79 Å². The Labute approximate surface area is 199 Å². The highest BCUT2D eigenvalue weighted by atomic mass is 16.1. The molecule has 34 heavy (non-hydrogen) atoms. The van der Waals surface area contributed by atoms with E-state index in [-0.39, 0.29) is 5.91 Å². The zero-order valence-corrected chi connectivity index (χ0v) is 19.4. The van der Waals surface area contributed by atoms with E-state index < -0.39 is 0 Å². The molecular weight excluding hydrogens is 424 g/mol. The SMILES string of the molecule is Cc1cc(N)nc(C)c1CNC(=O)c1cc2n(c1)Cc1ccc(Nc3ccccc3)cc1NC2. The van der Waals surface area contributed by atoms with Crippen LogP contribution in [0.2, 0.25) is 0 Å². The monoisotopic (exact) mass is 452 g/mol. The molecule has 0 saturated heterocycles. The number of hydrogen-bond acceptors (Lipinski definition) is 5. The molecular formula is C27H28N6O. The molecule has 7 heteroatoms. The number of anilines is 4. The van der Waals surface area contributed by atoms with Crippen molar-refractivity contribution in [3.05, 3.63) is 101 Å². The van der Waals surface area contributed by atoms with Crippen molar-refractivity contribution in [1.82, 2.24) is 14.9 Å². The second-order valence-electron chi connectivity index (χ2n) is 8.68. The predicted octanol–water partition coefficient (Wildman–Crippen LogP) is 4.73. The third-order valence-electron chi connectivity index (χ3n) is 6.22. The average Bonchev–Trinajstić information content (AvgIpc) is 3.13. The van der Waals surface area contributed by atoms with Gasteiger partial charge in [-0.2, -0.15) is 0 Å². The molecule has 4 aromatic rings. The first kappa shape index (κ1) is 21.6. The Morgan fingerprint density at radius 1 is 1.09 bits per heavy atom. The number of hydrogen-bond donors (Lipinski definition) is 4. The number of nitrogen functional groups attached to an aromatic ring is 1. The van der Waals surface area contributed by atoms with Gasteiger partial charge in [-0.25, -0.2) is 4.98 Å². The number of nitrogens with two attached hydrogens (primary N) is 1. The maximum Gasteiger partial charge on any atom is 0.253 e. The van der Waals surface area contributed by atoms with E-state index in [0.29, 0.717) is 31.0 Å². The number of fused-ring (bicyclic) bond motifs is 2. The van der Waals surface area contributed by atoms with Crippen LogP contribution in [0.5, 0.6) is 0 Å². The number of benzene rings is 2. The highest BCUT2D eigenvalue weighted by Crippen LogP contribution is 2.28. The van der Waals surface area contributed by atoms with Gasteiger partial charge in [-0.05, 0) is 66.9 Å². The standard InChI is InChI=1S/C27H28N6O/c1-17-10-26(28)31-18(2)24(17)14-30-27(34)20-11-23-13-29-25-12-22(32-21-6-4-3-5-7-21)9-8-19(25)15-33(23)16-20/h3-12,16,29,32H,13-15H2,1-2H3,(H2,28,31)(H,30,34). The number of nitrogens with one attached hydrogen (secondary N) is 3. The van der Waals surface area contributed by atoms with Crippen molar-refractivity contribution in [2.24, 2.45) is 0 Å².